The zero-order valence-corrected chi connectivity index (χ0v) is 14.0. The summed E-state index contributed by atoms with van der Waals surface area (Å²) in [4.78, 5) is 25.9. The number of amidine groups is 1. The molecule has 7 nitrogen and oxygen atoms in total. The number of aryl methyl sites for hydroxylation is 1. The predicted octanol–water partition coefficient (Wildman–Crippen LogP) is 1.82. The summed E-state index contributed by atoms with van der Waals surface area (Å²) in [5, 5.41) is 10.2. The van der Waals surface area contributed by atoms with Crippen molar-refractivity contribution in [2.45, 2.75) is 38.6 Å². The molecule has 4 heterocycles. The first kappa shape index (κ1) is 14.7. The van der Waals surface area contributed by atoms with E-state index in [9.17, 15) is 4.79 Å². The zero-order valence-electron chi connectivity index (χ0n) is 13.2. The lowest BCUT2D eigenvalue weighted by atomic mass is 10.2. The van der Waals surface area contributed by atoms with Gasteiger partial charge in [-0.25, -0.2) is 4.98 Å². The maximum atomic E-state index is 12.8. The third-order valence-electron chi connectivity index (χ3n) is 4.48. The largest absolute Gasteiger partial charge is 0.332 e. The molecule has 1 amide bonds. The minimum atomic E-state index is 0.0107. The minimum Gasteiger partial charge on any atom is -0.332 e. The molecule has 1 aromatic heterocycles. The van der Waals surface area contributed by atoms with Gasteiger partial charge >= 0.3 is 0 Å². The molecule has 1 fully saturated rings. The van der Waals surface area contributed by atoms with Gasteiger partial charge in [-0.1, -0.05) is 11.8 Å². The second kappa shape index (κ2) is 5.99. The first-order valence-electron chi connectivity index (χ1n) is 8.08. The number of hydrogen-bond donors (Lipinski definition) is 1. The van der Waals surface area contributed by atoms with Gasteiger partial charge in [0.15, 0.2) is 11.0 Å². The zero-order chi connectivity index (χ0) is 15.8. The number of aromatic amines is 1. The molecule has 8 heteroatoms. The molecule has 1 aromatic rings. The van der Waals surface area contributed by atoms with Gasteiger partial charge in [0, 0.05) is 25.3 Å². The molecule has 3 aliphatic heterocycles. The minimum absolute atomic E-state index is 0.0107. The van der Waals surface area contributed by atoms with E-state index < -0.39 is 0 Å². The molecular weight excluding hydrogens is 312 g/mol. The lowest BCUT2D eigenvalue weighted by Crippen LogP contribution is -2.35. The number of fused-ring (bicyclic) bond motifs is 1. The highest BCUT2D eigenvalue weighted by molar-refractivity contribution is 8.16. The van der Waals surface area contributed by atoms with Crippen molar-refractivity contribution in [2.24, 2.45) is 4.99 Å². The van der Waals surface area contributed by atoms with Gasteiger partial charge in [-0.15, -0.1) is 0 Å². The monoisotopic (exact) mass is 332 g/mol. The van der Waals surface area contributed by atoms with Gasteiger partial charge in [-0.2, -0.15) is 5.10 Å². The van der Waals surface area contributed by atoms with Crippen LogP contribution >= 0.6 is 11.8 Å². The SMILES string of the molecule is Cc1nc([C@@H]2CCCN2C(=O)CC2=CSC3=NCCCN23)n[nH]1. The van der Waals surface area contributed by atoms with Crippen LogP contribution in [0.4, 0.5) is 0 Å². The number of nitrogens with zero attached hydrogens (tertiary/aromatic N) is 5. The molecule has 0 aliphatic carbocycles. The number of aliphatic imine (C=N–C) groups is 1. The summed E-state index contributed by atoms with van der Waals surface area (Å²) in [5.74, 6) is 1.69. The first-order valence-corrected chi connectivity index (χ1v) is 8.96. The van der Waals surface area contributed by atoms with Crippen LogP contribution in [0.5, 0.6) is 0 Å². The number of carbonyl (C=O) groups excluding carboxylic acids is 1. The smallest absolute Gasteiger partial charge is 0.229 e. The summed E-state index contributed by atoms with van der Waals surface area (Å²) >= 11 is 1.63. The number of amides is 1. The van der Waals surface area contributed by atoms with Crippen LogP contribution in [0.3, 0.4) is 0 Å². The van der Waals surface area contributed by atoms with Crippen LogP contribution in [-0.4, -0.2) is 55.7 Å². The molecule has 0 spiro atoms. The molecule has 1 saturated heterocycles. The van der Waals surface area contributed by atoms with Crippen molar-refractivity contribution in [1.82, 2.24) is 25.0 Å². The summed E-state index contributed by atoms with van der Waals surface area (Å²) in [5.41, 5.74) is 1.08. The fraction of sp³-hybridized carbons (Fsp3) is 0.600. The number of thioether (sulfide) groups is 1. The fourth-order valence-corrected chi connectivity index (χ4v) is 4.33. The molecule has 0 bridgehead atoms. The fourth-order valence-electron chi connectivity index (χ4n) is 3.37. The summed E-state index contributed by atoms with van der Waals surface area (Å²) in [7, 11) is 0. The molecule has 0 radical (unpaired) electrons. The third-order valence-corrected chi connectivity index (χ3v) is 5.43. The van der Waals surface area contributed by atoms with E-state index in [-0.39, 0.29) is 11.9 Å². The molecule has 1 atom stereocenters. The van der Waals surface area contributed by atoms with Gasteiger partial charge in [0.1, 0.15) is 5.82 Å². The summed E-state index contributed by atoms with van der Waals surface area (Å²) in [6, 6.07) is 0.0107. The van der Waals surface area contributed by atoms with Gasteiger partial charge in [-0.3, -0.25) is 14.9 Å². The van der Waals surface area contributed by atoms with Gasteiger partial charge < -0.3 is 9.80 Å². The maximum Gasteiger partial charge on any atom is 0.229 e. The van der Waals surface area contributed by atoms with Crippen molar-refractivity contribution in [2.75, 3.05) is 19.6 Å². The van der Waals surface area contributed by atoms with Crippen LogP contribution in [-0.2, 0) is 4.79 Å². The average molecular weight is 332 g/mol. The summed E-state index contributed by atoms with van der Waals surface area (Å²) in [6.45, 7) is 4.54. The molecular formula is C15H20N6OS. The lowest BCUT2D eigenvalue weighted by molar-refractivity contribution is -0.131. The van der Waals surface area contributed by atoms with E-state index in [4.69, 9.17) is 0 Å². The molecule has 0 aromatic carbocycles. The molecule has 122 valence electrons. The van der Waals surface area contributed by atoms with Crippen LogP contribution in [0.2, 0.25) is 0 Å². The molecule has 1 N–H and O–H groups in total. The van der Waals surface area contributed by atoms with Crippen molar-refractivity contribution in [3.05, 3.63) is 22.8 Å². The standard InChI is InChI=1S/C15H20N6OS/c1-10-17-14(19-18-10)12-4-2-6-21(12)13(22)8-11-9-23-15-16-5-3-7-20(11)15/h9,12H,2-8H2,1H3,(H,17,18,19)/t12-/m0/s1. The van der Waals surface area contributed by atoms with Crippen molar-refractivity contribution in [1.29, 1.82) is 0 Å². The molecule has 0 saturated carbocycles. The molecule has 3 aliphatic rings. The van der Waals surface area contributed by atoms with Gasteiger partial charge in [0.05, 0.1) is 12.5 Å². The Balaban J connectivity index is 1.46. The predicted molar refractivity (Wildman–Crippen MR) is 88.7 cm³/mol. The van der Waals surface area contributed by atoms with Crippen LogP contribution in [0.1, 0.15) is 43.4 Å². The van der Waals surface area contributed by atoms with E-state index in [1.807, 2.05) is 11.8 Å². The first-order chi connectivity index (χ1) is 11.2. The number of rotatable bonds is 3. The van der Waals surface area contributed by atoms with E-state index in [0.717, 1.165) is 61.4 Å². The van der Waals surface area contributed by atoms with Gasteiger partial charge in [0.2, 0.25) is 5.91 Å². The van der Waals surface area contributed by atoms with E-state index in [1.54, 1.807) is 11.8 Å². The van der Waals surface area contributed by atoms with E-state index in [2.05, 4.69) is 30.5 Å². The van der Waals surface area contributed by atoms with Crippen LogP contribution in [0.25, 0.3) is 0 Å². The van der Waals surface area contributed by atoms with Crippen molar-refractivity contribution < 1.29 is 4.79 Å². The number of carbonyl (C=O) groups is 1. The Morgan fingerprint density at radius 1 is 1.43 bits per heavy atom. The Kier molecular flexibility index (Phi) is 3.84. The number of aromatic nitrogens is 3. The number of hydrogen-bond acceptors (Lipinski definition) is 6. The Morgan fingerprint density at radius 2 is 2.35 bits per heavy atom. The van der Waals surface area contributed by atoms with Gasteiger partial charge in [0.25, 0.3) is 0 Å². The number of H-pyrrole nitrogens is 1. The average Bonchev–Trinajstić information content (AvgIpc) is 3.26. The Labute approximate surface area is 139 Å². The quantitative estimate of drug-likeness (QED) is 0.913. The van der Waals surface area contributed by atoms with E-state index >= 15 is 0 Å². The van der Waals surface area contributed by atoms with Crippen molar-refractivity contribution in [3.63, 3.8) is 0 Å². The highest BCUT2D eigenvalue weighted by Crippen LogP contribution is 2.34. The highest BCUT2D eigenvalue weighted by Gasteiger charge is 2.34. The normalized spacial score (nSPS) is 23.8. The number of nitrogens with one attached hydrogen (secondary N) is 1. The Hall–Kier alpha value is -1.83. The summed E-state index contributed by atoms with van der Waals surface area (Å²) in [6.07, 6.45) is 3.44. The van der Waals surface area contributed by atoms with Crippen LogP contribution in [0.15, 0.2) is 16.1 Å². The van der Waals surface area contributed by atoms with Crippen molar-refractivity contribution in [3.8, 4) is 0 Å². The van der Waals surface area contributed by atoms with Crippen LogP contribution < -0.4 is 0 Å². The third kappa shape index (κ3) is 2.75. The second-order valence-electron chi connectivity index (χ2n) is 6.10. The number of likely N-dealkylation sites (tertiary alicyclic amines) is 1. The maximum absolute atomic E-state index is 12.8. The summed E-state index contributed by atoms with van der Waals surface area (Å²) < 4.78 is 0. The Morgan fingerprint density at radius 3 is 3.17 bits per heavy atom. The van der Waals surface area contributed by atoms with E-state index in [1.165, 1.54) is 0 Å². The molecule has 23 heavy (non-hydrogen) atoms. The second-order valence-corrected chi connectivity index (χ2v) is 6.93. The van der Waals surface area contributed by atoms with E-state index in [0.29, 0.717) is 6.42 Å². The highest BCUT2D eigenvalue weighted by atomic mass is 32.2. The van der Waals surface area contributed by atoms with Crippen LogP contribution in [0, 0.1) is 6.92 Å². The lowest BCUT2D eigenvalue weighted by Gasteiger charge is -2.27. The molecule has 0 unspecified atom stereocenters. The van der Waals surface area contributed by atoms with Gasteiger partial charge in [-0.05, 0) is 31.6 Å². The Bertz CT molecular complexity index is 681. The molecule has 4 rings (SSSR count). The van der Waals surface area contributed by atoms with Crippen molar-refractivity contribution >= 4 is 22.8 Å². The topological polar surface area (TPSA) is 77.5 Å².